The molecule has 1 aromatic rings. The molecule has 1 aromatic carbocycles. The third-order valence-corrected chi connectivity index (χ3v) is 1.95. The Labute approximate surface area is 95.7 Å². The van der Waals surface area contributed by atoms with Crippen LogP contribution in [0.15, 0.2) is 36.4 Å². The highest BCUT2D eigenvalue weighted by molar-refractivity contribution is 6.30. The van der Waals surface area contributed by atoms with Crippen LogP contribution < -0.4 is 0 Å². The van der Waals surface area contributed by atoms with Gasteiger partial charge in [0.1, 0.15) is 6.61 Å². The molecule has 0 saturated heterocycles. The van der Waals surface area contributed by atoms with E-state index < -0.39 is 0 Å². The van der Waals surface area contributed by atoms with Crippen molar-refractivity contribution in [3.05, 3.63) is 47.0 Å². The first kappa shape index (κ1) is 11.8. The van der Waals surface area contributed by atoms with Crippen LogP contribution in [0.4, 0.5) is 0 Å². The van der Waals surface area contributed by atoms with Crippen molar-refractivity contribution in [3.63, 3.8) is 0 Å². The fourth-order valence-corrected chi connectivity index (χ4v) is 1.07. The number of allylic oxidation sites excluding steroid dienone is 1. The highest BCUT2D eigenvalue weighted by Gasteiger charge is 1.86. The summed E-state index contributed by atoms with van der Waals surface area (Å²) in [6.07, 6.45) is 3.90. The molecule has 1 rings (SSSR count). The zero-order valence-electron chi connectivity index (χ0n) is 8.66. The maximum atomic E-state index is 5.75. The van der Waals surface area contributed by atoms with Crippen LogP contribution in [0.25, 0.3) is 0 Å². The summed E-state index contributed by atoms with van der Waals surface area (Å²) in [5.41, 5.74) is 0.953. The third-order valence-electron chi connectivity index (χ3n) is 1.70. The van der Waals surface area contributed by atoms with Gasteiger partial charge in [0.25, 0.3) is 0 Å². The summed E-state index contributed by atoms with van der Waals surface area (Å²) in [5.74, 6) is 5.92. The number of benzene rings is 1. The molecule has 0 heterocycles. The molecule has 0 spiro atoms. The predicted molar refractivity (Wildman–Crippen MR) is 64.0 cm³/mol. The van der Waals surface area contributed by atoms with Crippen molar-refractivity contribution in [1.82, 2.24) is 0 Å². The first-order valence-corrected chi connectivity index (χ1v) is 5.14. The van der Waals surface area contributed by atoms with Gasteiger partial charge in [-0.05, 0) is 31.2 Å². The molecule has 78 valence electrons. The summed E-state index contributed by atoms with van der Waals surface area (Å²) < 4.78 is 5.23. The highest BCUT2D eigenvalue weighted by Crippen LogP contribution is 2.08. The summed E-state index contributed by atoms with van der Waals surface area (Å²) in [5, 5.41) is 0.727. The van der Waals surface area contributed by atoms with Gasteiger partial charge >= 0.3 is 0 Å². The van der Waals surface area contributed by atoms with E-state index in [-0.39, 0.29) is 0 Å². The number of halogens is 1. The van der Waals surface area contributed by atoms with Gasteiger partial charge in [0.15, 0.2) is 0 Å². The van der Waals surface area contributed by atoms with E-state index >= 15 is 0 Å². The number of rotatable bonds is 3. The zero-order valence-corrected chi connectivity index (χ0v) is 9.42. The van der Waals surface area contributed by atoms with Crippen molar-refractivity contribution in [1.29, 1.82) is 0 Å². The summed E-state index contributed by atoms with van der Waals surface area (Å²) in [4.78, 5) is 0. The fraction of sp³-hybridized carbons (Fsp3) is 0.231. The van der Waals surface area contributed by atoms with Crippen molar-refractivity contribution < 1.29 is 4.74 Å². The Hall–Kier alpha value is -1.23. The molecule has 0 amide bonds. The van der Waals surface area contributed by atoms with Crippen molar-refractivity contribution in [2.24, 2.45) is 0 Å². The smallest absolute Gasteiger partial charge is 0.108 e. The number of hydrogen-bond donors (Lipinski definition) is 0. The van der Waals surface area contributed by atoms with Gasteiger partial charge < -0.3 is 4.74 Å². The molecule has 2 heteroatoms. The van der Waals surface area contributed by atoms with Crippen LogP contribution >= 0.6 is 11.6 Å². The molecular formula is C13H13ClO. The molecule has 0 aliphatic heterocycles. The molecule has 0 fully saturated rings. The number of hydrogen-bond acceptors (Lipinski definition) is 1. The van der Waals surface area contributed by atoms with Crippen molar-refractivity contribution in [3.8, 4) is 11.8 Å². The standard InChI is InChI=1S/C13H13ClO/c1-2-3-10-15-11-4-5-12-6-8-13(14)9-7-12/h2-3,6-9H,10-11H2,1H3/b3-2+. The molecule has 0 saturated carbocycles. The van der Waals surface area contributed by atoms with Gasteiger partial charge in [-0.25, -0.2) is 0 Å². The maximum absolute atomic E-state index is 5.75. The van der Waals surface area contributed by atoms with E-state index in [0.717, 1.165) is 10.6 Å². The monoisotopic (exact) mass is 220 g/mol. The zero-order chi connectivity index (χ0) is 10.9. The Bertz CT molecular complexity index is 368. The van der Waals surface area contributed by atoms with Crippen molar-refractivity contribution in [2.45, 2.75) is 6.92 Å². The van der Waals surface area contributed by atoms with E-state index in [0.29, 0.717) is 13.2 Å². The minimum atomic E-state index is 0.451. The van der Waals surface area contributed by atoms with Gasteiger partial charge in [-0.3, -0.25) is 0 Å². The lowest BCUT2D eigenvalue weighted by Crippen LogP contribution is -1.90. The highest BCUT2D eigenvalue weighted by atomic mass is 35.5. The van der Waals surface area contributed by atoms with Crippen molar-refractivity contribution >= 4 is 11.6 Å². The molecule has 0 unspecified atom stereocenters. The second-order valence-corrected chi connectivity index (χ2v) is 3.33. The molecule has 0 aromatic heterocycles. The van der Waals surface area contributed by atoms with Crippen LogP contribution in [0.3, 0.4) is 0 Å². The van der Waals surface area contributed by atoms with Crippen LogP contribution in [-0.4, -0.2) is 13.2 Å². The summed E-state index contributed by atoms with van der Waals surface area (Å²) in [7, 11) is 0. The average molecular weight is 221 g/mol. The van der Waals surface area contributed by atoms with Gasteiger partial charge in [-0.1, -0.05) is 35.6 Å². The third kappa shape index (κ3) is 5.27. The first-order valence-electron chi connectivity index (χ1n) is 4.76. The molecule has 1 nitrogen and oxygen atoms in total. The Morgan fingerprint density at radius 3 is 2.73 bits per heavy atom. The molecule has 15 heavy (non-hydrogen) atoms. The largest absolute Gasteiger partial charge is 0.365 e. The summed E-state index contributed by atoms with van der Waals surface area (Å²) in [6.45, 7) is 3.03. The normalized spacial score (nSPS) is 10.0. The van der Waals surface area contributed by atoms with Crippen LogP contribution in [0.5, 0.6) is 0 Å². The van der Waals surface area contributed by atoms with Gasteiger partial charge in [0.05, 0.1) is 6.61 Å². The minimum Gasteiger partial charge on any atom is -0.365 e. The lowest BCUT2D eigenvalue weighted by Gasteiger charge is -1.92. The summed E-state index contributed by atoms with van der Waals surface area (Å²) in [6, 6.07) is 7.43. The molecule has 0 bridgehead atoms. The molecule has 0 radical (unpaired) electrons. The topological polar surface area (TPSA) is 9.23 Å². The molecule has 0 N–H and O–H groups in total. The SMILES string of the molecule is C/C=C/COCC#Cc1ccc(Cl)cc1. The molecule has 0 aliphatic carbocycles. The van der Waals surface area contributed by atoms with Gasteiger partial charge in [-0.2, -0.15) is 0 Å². The van der Waals surface area contributed by atoms with E-state index in [1.807, 2.05) is 43.3 Å². The van der Waals surface area contributed by atoms with Crippen LogP contribution in [0.1, 0.15) is 12.5 Å². The van der Waals surface area contributed by atoms with Gasteiger partial charge in [0.2, 0.25) is 0 Å². The lowest BCUT2D eigenvalue weighted by atomic mass is 10.2. The predicted octanol–water partition coefficient (Wildman–Crippen LogP) is 3.28. The summed E-state index contributed by atoms with van der Waals surface area (Å²) >= 11 is 5.75. The Morgan fingerprint density at radius 2 is 2.07 bits per heavy atom. The van der Waals surface area contributed by atoms with E-state index in [1.165, 1.54) is 0 Å². The minimum absolute atomic E-state index is 0.451. The molecule has 0 atom stereocenters. The Kier molecular flexibility index (Phi) is 5.62. The second-order valence-electron chi connectivity index (χ2n) is 2.89. The van der Waals surface area contributed by atoms with E-state index in [4.69, 9.17) is 16.3 Å². The van der Waals surface area contributed by atoms with E-state index in [2.05, 4.69) is 11.8 Å². The van der Waals surface area contributed by atoms with E-state index in [9.17, 15) is 0 Å². The molecular weight excluding hydrogens is 208 g/mol. The lowest BCUT2D eigenvalue weighted by molar-refractivity contribution is 0.199. The molecule has 0 aliphatic rings. The van der Waals surface area contributed by atoms with E-state index in [1.54, 1.807) is 0 Å². The fourth-order valence-electron chi connectivity index (χ4n) is 0.946. The van der Waals surface area contributed by atoms with Crippen LogP contribution in [0.2, 0.25) is 5.02 Å². The van der Waals surface area contributed by atoms with Gasteiger partial charge in [0, 0.05) is 10.6 Å². The average Bonchev–Trinajstić information content (AvgIpc) is 2.26. The first-order chi connectivity index (χ1) is 7.33. The van der Waals surface area contributed by atoms with Gasteiger partial charge in [-0.15, -0.1) is 0 Å². The van der Waals surface area contributed by atoms with Crippen LogP contribution in [-0.2, 0) is 4.74 Å². The Balaban J connectivity index is 2.34. The van der Waals surface area contributed by atoms with Crippen LogP contribution in [0, 0.1) is 11.8 Å². The Morgan fingerprint density at radius 1 is 1.33 bits per heavy atom. The van der Waals surface area contributed by atoms with Crippen molar-refractivity contribution in [2.75, 3.05) is 13.2 Å². The maximum Gasteiger partial charge on any atom is 0.108 e. The number of ether oxygens (including phenoxy) is 1. The second kappa shape index (κ2) is 7.11. The quantitative estimate of drug-likeness (QED) is 0.432.